The molecule has 1 aliphatic rings. The van der Waals surface area contributed by atoms with Gasteiger partial charge in [-0.2, -0.15) is 0 Å². The molecule has 0 saturated carbocycles. The van der Waals surface area contributed by atoms with Gasteiger partial charge < -0.3 is 15.2 Å². The first-order valence-electron chi connectivity index (χ1n) is 11.1. The summed E-state index contributed by atoms with van der Waals surface area (Å²) in [5.41, 5.74) is 5.27. The Labute approximate surface area is 217 Å². The fourth-order valence-corrected chi connectivity index (χ4v) is 4.73. The van der Waals surface area contributed by atoms with E-state index in [-0.39, 0.29) is 28.9 Å². The van der Waals surface area contributed by atoms with Gasteiger partial charge in [0.25, 0.3) is 5.91 Å². The Morgan fingerprint density at radius 1 is 0.833 bits per heavy atom. The highest BCUT2D eigenvalue weighted by molar-refractivity contribution is 6.34. The zero-order valence-corrected chi connectivity index (χ0v) is 20.3. The van der Waals surface area contributed by atoms with Crippen LogP contribution in [0.2, 0.25) is 10.0 Å². The number of hydrogen-bond donors (Lipinski definition) is 3. The first-order chi connectivity index (χ1) is 17.4. The molecule has 0 fully saturated rings. The molecule has 0 saturated heterocycles. The number of phenols is 1. The molecule has 0 aromatic heterocycles. The molecule has 6 nitrogen and oxygen atoms in total. The summed E-state index contributed by atoms with van der Waals surface area (Å²) in [7, 11) is 0. The third kappa shape index (κ3) is 4.73. The van der Waals surface area contributed by atoms with Gasteiger partial charge in [0.1, 0.15) is 12.4 Å². The molecular weight excluding hydrogens is 499 g/mol. The van der Waals surface area contributed by atoms with Gasteiger partial charge in [-0.25, -0.2) is 4.79 Å². The van der Waals surface area contributed by atoms with Gasteiger partial charge in [-0.3, -0.25) is 10.1 Å². The van der Waals surface area contributed by atoms with E-state index in [1.54, 1.807) is 12.1 Å². The van der Waals surface area contributed by atoms with Crippen molar-refractivity contribution < 1.29 is 19.4 Å². The zero-order chi connectivity index (χ0) is 25.2. The zero-order valence-electron chi connectivity index (χ0n) is 18.8. The first-order valence-corrected chi connectivity index (χ1v) is 11.9. The number of amides is 2. The molecule has 0 heterocycles. The molecule has 0 unspecified atom stereocenters. The Morgan fingerprint density at radius 2 is 1.50 bits per heavy atom. The number of rotatable bonds is 5. The van der Waals surface area contributed by atoms with Crippen molar-refractivity contribution in [3.05, 3.63) is 112 Å². The van der Waals surface area contributed by atoms with Crippen LogP contribution in [0.3, 0.4) is 0 Å². The molecule has 4 aromatic carbocycles. The normalized spacial score (nSPS) is 11.9. The van der Waals surface area contributed by atoms with Crippen LogP contribution < -0.4 is 10.6 Å². The van der Waals surface area contributed by atoms with E-state index in [0.29, 0.717) is 16.4 Å². The van der Waals surface area contributed by atoms with Gasteiger partial charge >= 0.3 is 6.09 Å². The van der Waals surface area contributed by atoms with Gasteiger partial charge in [0.15, 0.2) is 0 Å². The molecule has 180 valence electrons. The highest BCUT2D eigenvalue weighted by atomic mass is 35.5. The van der Waals surface area contributed by atoms with E-state index in [4.69, 9.17) is 27.9 Å². The van der Waals surface area contributed by atoms with E-state index in [1.165, 1.54) is 24.3 Å². The van der Waals surface area contributed by atoms with Crippen molar-refractivity contribution in [3.8, 4) is 16.9 Å². The molecule has 1 aliphatic carbocycles. The number of nitrogens with one attached hydrogen (secondary N) is 2. The SMILES string of the molecule is O=C(Nc1ccc(NC(=O)c2cc(Cl)ccc2O)c(Cl)c1)OCC1c2ccccc2-c2ccccc21. The summed E-state index contributed by atoms with van der Waals surface area (Å²) in [6, 6.07) is 25.0. The van der Waals surface area contributed by atoms with Gasteiger partial charge in [-0.1, -0.05) is 71.7 Å². The molecule has 2 amide bonds. The Balaban J connectivity index is 1.23. The standard InChI is InChI=1S/C28H20Cl2N2O4/c29-16-9-12-26(33)22(13-16)27(34)32-25-11-10-17(14-24(25)30)31-28(35)36-15-23-20-7-3-1-5-18(20)19-6-2-4-8-21(19)23/h1-14,23,33H,15H2,(H,31,35)(H,32,34). The number of carbonyl (C=O) groups is 2. The number of halogens is 2. The van der Waals surface area contributed by atoms with Crippen LogP contribution in [-0.4, -0.2) is 23.7 Å². The smallest absolute Gasteiger partial charge is 0.411 e. The number of fused-ring (bicyclic) bond motifs is 3. The molecule has 3 N–H and O–H groups in total. The Morgan fingerprint density at radius 3 is 2.17 bits per heavy atom. The van der Waals surface area contributed by atoms with Crippen LogP contribution in [0.5, 0.6) is 5.75 Å². The largest absolute Gasteiger partial charge is 0.507 e. The van der Waals surface area contributed by atoms with Gasteiger partial charge in [-0.05, 0) is 58.7 Å². The summed E-state index contributed by atoms with van der Waals surface area (Å²) >= 11 is 12.2. The summed E-state index contributed by atoms with van der Waals surface area (Å²) in [5, 5.41) is 15.7. The van der Waals surface area contributed by atoms with Crippen molar-refractivity contribution >= 4 is 46.6 Å². The summed E-state index contributed by atoms with van der Waals surface area (Å²) in [6.07, 6.45) is -0.617. The number of hydrogen-bond acceptors (Lipinski definition) is 4. The minimum Gasteiger partial charge on any atom is -0.507 e. The van der Waals surface area contributed by atoms with Crippen molar-refractivity contribution in [1.29, 1.82) is 0 Å². The van der Waals surface area contributed by atoms with E-state index in [0.717, 1.165) is 22.3 Å². The molecule has 8 heteroatoms. The van der Waals surface area contributed by atoms with Gasteiger partial charge in [-0.15, -0.1) is 0 Å². The van der Waals surface area contributed by atoms with Crippen LogP contribution in [0.25, 0.3) is 11.1 Å². The van der Waals surface area contributed by atoms with Crippen LogP contribution in [0.1, 0.15) is 27.4 Å². The summed E-state index contributed by atoms with van der Waals surface area (Å²) in [4.78, 5) is 25.0. The molecule has 0 spiro atoms. The molecule has 4 aromatic rings. The fourth-order valence-electron chi connectivity index (χ4n) is 4.33. The second kappa shape index (κ2) is 9.93. The monoisotopic (exact) mass is 518 g/mol. The average Bonchev–Trinajstić information content (AvgIpc) is 3.19. The quantitative estimate of drug-likeness (QED) is 0.258. The van der Waals surface area contributed by atoms with Gasteiger partial charge in [0.2, 0.25) is 0 Å². The first kappa shape index (κ1) is 23.7. The minimum atomic E-state index is -0.617. The Bertz CT molecular complexity index is 1440. The highest BCUT2D eigenvalue weighted by Crippen LogP contribution is 2.44. The summed E-state index contributed by atoms with van der Waals surface area (Å²) in [5.74, 6) is -0.831. The van der Waals surface area contributed by atoms with Crippen molar-refractivity contribution in [2.75, 3.05) is 17.2 Å². The van der Waals surface area contributed by atoms with Crippen LogP contribution >= 0.6 is 23.2 Å². The lowest BCUT2D eigenvalue weighted by atomic mass is 9.98. The third-order valence-corrected chi connectivity index (χ3v) is 6.56. The topological polar surface area (TPSA) is 87.7 Å². The van der Waals surface area contributed by atoms with E-state index < -0.39 is 12.0 Å². The maximum absolute atomic E-state index is 12.5. The van der Waals surface area contributed by atoms with Gasteiger partial charge in [0.05, 0.1) is 16.3 Å². The van der Waals surface area contributed by atoms with Crippen molar-refractivity contribution in [1.82, 2.24) is 0 Å². The maximum Gasteiger partial charge on any atom is 0.411 e. The van der Waals surface area contributed by atoms with E-state index in [1.807, 2.05) is 24.3 Å². The average molecular weight is 519 g/mol. The Hall–Kier alpha value is -4.00. The Kier molecular flexibility index (Phi) is 6.55. The summed E-state index contributed by atoms with van der Waals surface area (Å²) < 4.78 is 5.56. The number of anilines is 2. The number of carbonyl (C=O) groups excluding carboxylic acids is 2. The van der Waals surface area contributed by atoms with Crippen LogP contribution in [0.15, 0.2) is 84.9 Å². The van der Waals surface area contributed by atoms with Crippen molar-refractivity contribution in [2.45, 2.75) is 5.92 Å². The van der Waals surface area contributed by atoms with Crippen LogP contribution in [0, 0.1) is 0 Å². The summed E-state index contributed by atoms with van der Waals surface area (Å²) in [6.45, 7) is 0.185. The van der Waals surface area contributed by atoms with E-state index in [9.17, 15) is 14.7 Å². The third-order valence-electron chi connectivity index (χ3n) is 6.01. The van der Waals surface area contributed by atoms with Crippen LogP contribution in [0.4, 0.5) is 16.2 Å². The second-order valence-electron chi connectivity index (χ2n) is 8.26. The van der Waals surface area contributed by atoms with Crippen molar-refractivity contribution in [3.63, 3.8) is 0 Å². The number of phenolic OH excluding ortho intramolecular Hbond substituents is 1. The van der Waals surface area contributed by atoms with Crippen molar-refractivity contribution in [2.24, 2.45) is 0 Å². The van der Waals surface area contributed by atoms with Crippen LogP contribution in [-0.2, 0) is 4.74 Å². The fraction of sp³-hybridized carbons (Fsp3) is 0.0714. The number of aromatic hydroxyl groups is 1. The van der Waals surface area contributed by atoms with E-state index >= 15 is 0 Å². The lowest BCUT2D eigenvalue weighted by Gasteiger charge is -2.15. The molecule has 0 bridgehead atoms. The highest BCUT2D eigenvalue weighted by Gasteiger charge is 2.29. The van der Waals surface area contributed by atoms with E-state index in [2.05, 4.69) is 34.9 Å². The predicted octanol–water partition coefficient (Wildman–Crippen LogP) is 7.31. The molecule has 36 heavy (non-hydrogen) atoms. The lowest BCUT2D eigenvalue weighted by molar-refractivity contribution is 0.102. The van der Waals surface area contributed by atoms with Gasteiger partial charge in [0, 0.05) is 16.6 Å². The minimum absolute atomic E-state index is 0.0133. The predicted molar refractivity (Wildman–Crippen MR) is 141 cm³/mol. The molecular formula is C28H20Cl2N2O4. The molecule has 0 aliphatic heterocycles. The molecule has 0 radical (unpaired) electrons. The molecule has 5 rings (SSSR count). The lowest BCUT2D eigenvalue weighted by Crippen LogP contribution is -2.18. The number of benzene rings is 4. The second-order valence-corrected chi connectivity index (χ2v) is 9.10. The number of ether oxygens (including phenoxy) is 1. The molecule has 0 atom stereocenters. The maximum atomic E-state index is 12.5.